The van der Waals surface area contributed by atoms with E-state index in [0.717, 1.165) is 5.56 Å². The van der Waals surface area contributed by atoms with Crippen molar-refractivity contribution in [2.24, 2.45) is 5.92 Å². The van der Waals surface area contributed by atoms with E-state index in [9.17, 15) is 9.18 Å². The number of hydrogen-bond acceptors (Lipinski definition) is 2. The second kappa shape index (κ2) is 5.96. The number of halogens is 1. The summed E-state index contributed by atoms with van der Waals surface area (Å²) in [5, 5.41) is 12.0. The van der Waals surface area contributed by atoms with Crippen molar-refractivity contribution < 1.29 is 14.3 Å². The minimum absolute atomic E-state index is 0.188. The van der Waals surface area contributed by atoms with E-state index in [2.05, 4.69) is 5.32 Å². The molecule has 0 aromatic heterocycles. The Bertz CT molecular complexity index is 401. The number of carbonyl (C=O) groups is 1. The van der Waals surface area contributed by atoms with Crippen molar-refractivity contribution in [2.45, 2.75) is 31.7 Å². The van der Waals surface area contributed by atoms with Crippen LogP contribution in [0.4, 0.5) is 4.39 Å². The van der Waals surface area contributed by atoms with Crippen molar-refractivity contribution in [1.29, 1.82) is 0 Å². The second-order valence-electron chi connectivity index (χ2n) is 4.82. The minimum atomic E-state index is -0.762. The third kappa shape index (κ3) is 3.81. The van der Waals surface area contributed by atoms with E-state index in [0.29, 0.717) is 18.9 Å². The van der Waals surface area contributed by atoms with Crippen molar-refractivity contribution >= 4 is 5.97 Å². The van der Waals surface area contributed by atoms with E-state index in [1.54, 1.807) is 0 Å². The van der Waals surface area contributed by atoms with Crippen LogP contribution in [0.5, 0.6) is 0 Å². The van der Waals surface area contributed by atoms with Gasteiger partial charge >= 0.3 is 5.97 Å². The first-order chi connectivity index (χ1) is 8.66. The lowest BCUT2D eigenvalue weighted by atomic mass is 10.0. The van der Waals surface area contributed by atoms with Gasteiger partial charge < -0.3 is 10.4 Å². The fourth-order valence-corrected chi connectivity index (χ4v) is 2.15. The van der Waals surface area contributed by atoms with Crippen LogP contribution in [0.3, 0.4) is 0 Å². The molecule has 1 fully saturated rings. The Hall–Kier alpha value is -1.42. The molecule has 1 aliphatic carbocycles. The molecule has 4 heteroatoms. The first kappa shape index (κ1) is 13.0. The normalized spacial score (nSPS) is 16.5. The summed E-state index contributed by atoms with van der Waals surface area (Å²) < 4.78 is 12.9. The first-order valence-electron chi connectivity index (χ1n) is 6.37. The molecule has 0 spiro atoms. The largest absolute Gasteiger partial charge is 0.481 e. The Labute approximate surface area is 106 Å². The van der Waals surface area contributed by atoms with Crippen molar-refractivity contribution in [3.8, 4) is 0 Å². The van der Waals surface area contributed by atoms with Gasteiger partial charge in [-0.2, -0.15) is 0 Å². The molecule has 1 aromatic rings. The molecule has 1 unspecified atom stereocenters. The second-order valence-corrected chi connectivity index (χ2v) is 4.82. The maximum Gasteiger partial charge on any atom is 0.303 e. The molecule has 0 radical (unpaired) electrons. The van der Waals surface area contributed by atoms with Gasteiger partial charge in [-0.25, -0.2) is 4.39 Å². The van der Waals surface area contributed by atoms with E-state index in [4.69, 9.17) is 5.11 Å². The van der Waals surface area contributed by atoms with Gasteiger partial charge in [-0.05, 0) is 49.4 Å². The molecule has 2 rings (SSSR count). The van der Waals surface area contributed by atoms with Crippen LogP contribution in [-0.4, -0.2) is 17.6 Å². The van der Waals surface area contributed by atoms with Crippen LogP contribution in [0.1, 0.15) is 37.3 Å². The summed E-state index contributed by atoms with van der Waals surface area (Å²) >= 11 is 0. The molecular weight excluding hydrogens is 233 g/mol. The Morgan fingerprint density at radius 1 is 1.39 bits per heavy atom. The number of hydrogen-bond donors (Lipinski definition) is 2. The molecule has 0 aliphatic heterocycles. The zero-order chi connectivity index (χ0) is 13.0. The predicted octanol–water partition coefficient (Wildman–Crippen LogP) is 2.73. The summed E-state index contributed by atoms with van der Waals surface area (Å²) in [6.07, 6.45) is 3.19. The van der Waals surface area contributed by atoms with E-state index >= 15 is 0 Å². The highest BCUT2D eigenvalue weighted by molar-refractivity contribution is 5.66. The summed E-state index contributed by atoms with van der Waals surface area (Å²) in [4.78, 5) is 10.4. The van der Waals surface area contributed by atoms with Crippen LogP contribution in [0.15, 0.2) is 24.3 Å². The van der Waals surface area contributed by atoms with Crippen molar-refractivity contribution in [3.63, 3.8) is 0 Å². The Morgan fingerprint density at radius 2 is 2.06 bits per heavy atom. The highest BCUT2D eigenvalue weighted by Gasteiger charge is 2.31. The number of aliphatic carboxylic acids is 1. The lowest BCUT2D eigenvalue weighted by Gasteiger charge is -2.18. The molecule has 98 valence electrons. The van der Waals surface area contributed by atoms with Crippen LogP contribution in [-0.2, 0) is 4.79 Å². The number of carboxylic acid groups (broad SMARTS) is 1. The quantitative estimate of drug-likeness (QED) is 0.732. The van der Waals surface area contributed by atoms with E-state index in [-0.39, 0.29) is 18.3 Å². The average molecular weight is 251 g/mol. The fraction of sp³-hybridized carbons (Fsp3) is 0.500. The summed E-state index contributed by atoms with van der Waals surface area (Å²) in [5.74, 6) is -0.374. The third-order valence-electron chi connectivity index (χ3n) is 3.25. The van der Waals surface area contributed by atoms with Crippen LogP contribution >= 0.6 is 0 Å². The summed E-state index contributed by atoms with van der Waals surface area (Å²) in [6.45, 7) is 0.685. The van der Waals surface area contributed by atoms with Crippen LogP contribution < -0.4 is 5.32 Å². The molecule has 0 amide bonds. The van der Waals surface area contributed by atoms with Crippen LogP contribution in [0.25, 0.3) is 0 Å². The van der Waals surface area contributed by atoms with Gasteiger partial charge in [-0.15, -0.1) is 0 Å². The Morgan fingerprint density at radius 3 is 2.61 bits per heavy atom. The van der Waals surface area contributed by atoms with Crippen LogP contribution in [0.2, 0.25) is 0 Å². The Kier molecular flexibility index (Phi) is 4.31. The molecule has 3 nitrogen and oxygen atoms in total. The van der Waals surface area contributed by atoms with Gasteiger partial charge in [0.2, 0.25) is 0 Å². The van der Waals surface area contributed by atoms with Gasteiger partial charge in [0.05, 0.1) is 0 Å². The molecule has 0 heterocycles. The SMILES string of the molecule is O=C(O)CCCNC(c1ccc(F)cc1)C1CC1. The maximum atomic E-state index is 12.9. The van der Waals surface area contributed by atoms with Gasteiger partial charge in [0, 0.05) is 12.5 Å². The maximum absolute atomic E-state index is 12.9. The Balaban J connectivity index is 1.88. The highest BCUT2D eigenvalue weighted by atomic mass is 19.1. The van der Waals surface area contributed by atoms with Crippen molar-refractivity contribution in [3.05, 3.63) is 35.6 Å². The first-order valence-corrected chi connectivity index (χ1v) is 6.37. The minimum Gasteiger partial charge on any atom is -0.481 e. The van der Waals surface area contributed by atoms with Gasteiger partial charge in [0.1, 0.15) is 5.82 Å². The van der Waals surface area contributed by atoms with Gasteiger partial charge in [-0.1, -0.05) is 12.1 Å². The summed E-state index contributed by atoms with van der Waals surface area (Å²) in [7, 11) is 0. The monoisotopic (exact) mass is 251 g/mol. The standard InChI is InChI=1S/C14H18FNO2/c15-12-7-5-11(6-8-12)14(10-3-4-10)16-9-1-2-13(17)18/h5-8,10,14,16H,1-4,9H2,(H,17,18). The molecule has 2 N–H and O–H groups in total. The lowest BCUT2D eigenvalue weighted by molar-refractivity contribution is -0.137. The molecule has 1 atom stereocenters. The molecule has 0 saturated heterocycles. The fourth-order valence-electron chi connectivity index (χ4n) is 2.15. The number of nitrogens with one attached hydrogen (secondary N) is 1. The average Bonchev–Trinajstić information content (AvgIpc) is 3.15. The predicted molar refractivity (Wildman–Crippen MR) is 66.7 cm³/mol. The third-order valence-corrected chi connectivity index (χ3v) is 3.25. The zero-order valence-corrected chi connectivity index (χ0v) is 10.2. The number of rotatable bonds is 7. The topological polar surface area (TPSA) is 49.3 Å². The molecule has 1 aliphatic rings. The highest BCUT2D eigenvalue weighted by Crippen LogP contribution is 2.40. The molecule has 0 bridgehead atoms. The summed E-state index contributed by atoms with van der Waals surface area (Å²) in [6, 6.07) is 6.80. The molecule has 1 aromatic carbocycles. The number of benzene rings is 1. The van der Waals surface area contributed by atoms with E-state index < -0.39 is 5.97 Å². The van der Waals surface area contributed by atoms with Crippen LogP contribution in [0, 0.1) is 11.7 Å². The van der Waals surface area contributed by atoms with E-state index in [1.807, 2.05) is 12.1 Å². The van der Waals surface area contributed by atoms with E-state index in [1.165, 1.54) is 25.0 Å². The van der Waals surface area contributed by atoms with Gasteiger partial charge in [0.25, 0.3) is 0 Å². The molecule has 1 saturated carbocycles. The van der Waals surface area contributed by atoms with Gasteiger partial charge in [0.15, 0.2) is 0 Å². The zero-order valence-electron chi connectivity index (χ0n) is 10.2. The smallest absolute Gasteiger partial charge is 0.303 e. The number of carboxylic acids is 1. The molecule has 18 heavy (non-hydrogen) atoms. The van der Waals surface area contributed by atoms with Crippen molar-refractivity contribution in [1.82, 2.24) is 5.32 Å². The molecular formula is C14H18FNO2. The van der Waals surface area contributed by atoms with Crippen molar-refractivity contribution in [2.75, 3.05) is 6.54 Å². The van der Waals surface area contributed by atoms with Gasteiger partial charge in [-0.3, -0.25) is 4.79 Å². The summed E-state index contributed by atoms with van der Waals surface area (Å²) in [5.41, 5.74) is 1.09. The lowest BCUT2D eigenvalue weighted by Crippen LogP contribution is -2.24.